The van der Waals surface area contributed by atoms with Crippen molar-refractivity contribution >= 4 is 11.6 Å². The van der Waals surface area contributed by atoms with E-state index in [1.165, 1.54) is 0 Å². The fourth-order valence-corrected chi connectivity index (χ4v) is 2.09. The van der Waals surface area contributed by atoms with Gasteiger partial charge < -0.3 is 10.1 Å². The van der Waals surface area contributed by atoms with Crippen LogP contribution in [0.3, 0.4) is 0 Å². The molecule has 0 unspecified atom stereocenters. The summed E-state index contributed by atoms with van der Waals surface area (Å²) in [4.78, 5) is 16.7. The molecular weight excluding hydrogens is 288 g/mol. The van der Waals surface area contributed by atoms with Gasteiger partial charge >= 0.3 is 0 Å². The Bertz CT molecular complexity index is 671. The lowest BCUT2D eigenvalue weighted by Gasteiger charge is -2.17. The van der Waals surface area contributed by atoms with Crippen LogP contribution in [0.25, 0.3) is 0 Å². The lowest BCUT2D eigenvalue weighted by Crippen LogP contribution is -2.16. The Balaban J connectivity index is 2.10. The number of carbonyl (C=O) groups is 1. The molecule has 1 heterocycles. The second-order valence-electron chi connectivity index (χ2n) is 6.83. The van der Waals surface area contributed by atoms with Crippen molar-refractivity contribution in [2.75, 3.05) is 5.32 Å². The van der Waals surface area contributed by atoms with E-state index in [0.717, 1.165) is 11.4 Å². The van der Waals surface area contributed by atoms with Crippen LogP contribution in [0.2, 0.25) is 0 Å². The Labute approximate surface area is 137 Å². The number of ether oxygens (including phenoxy) is 1. The molecule has 122 valence electrons. The lowest BCUT2D eigenvalue weighted by atomic mass is 9.91. The number of carbonyl (C=O) groups excluding carboxylic acids is 1. The number of nitrogens with zero attached hydrogens (tertiary/aromatic N) is 1. The van der Waals surface area contributed by atoms with Crippen molar-refractivity contribution in [1.82, 2.24) is 4.98 Å². The molecule has 2 rings (SSSR count). The molecule has 0 atom stereocenters. The van der Waals surface area contributed by atoms with Crippen LogP contribution in [0.15, 0.2) is 42.6 Å². The zero-order chi connectivity index (χ0) is 17.0. The highest BCUT2D eigenvalue weighted by atomic mass is 16.5. The van der Waals surface area contributed by atoms with Crippen molar-refractivity contribution in [3.05, 3.63) is 53.9 Å². The van der Waals surface area contributed by atoms with E-state index in [1.807, 2.05) is 44.2 Å². The second kappa shape index (κ2) is 6.82. The van der Waals surface area contributed by atoms with Gasteiger partial charge in [0.1, 0.15) is 5.75 Å². The van der Waals surface area contributed by atoms with Crippen LogP contribution in [0.4, 0.5) is 5.69 Å². The SMILES string of the molecule is CC(C)Oc1cccc(NC(=O)c2ccc(C(C)(C)C)nc2)c1. The van der Waals surface area contributed by atoms with Gasteiger partial charge in [-0.05, 0) is 38.1 Å². The molecule has 1 N–H and O–H groups in total. The van der Waals surface area contributed by atoms with E-state index < -0.39 is 0 Å². The van der Waals surface area contributed by atoms with Gasteiger partial charge in [0.05, 0.1) is 11.7 Å². The topological polar surface area (TPSA) is 51.2 Å². The highest BCUT2D eigenvalue weighted by molar-refractivity contribution is 6.04. The number of amides is 1. The van der Waals surface area contributed by atoms with E-state index in [4.69, 9.17) is 4.74 Å². The summed E-state index contributed by atoms with van der Waals surface area (Å²) in [5, 5.41) is 2.87. The maximum atomic E-state index is 12.3. The van der Waals surface area contributed by atoms with Gasteiger partial charge in [0.15, 0.2) is 0 Å². The molecule has 1 aromatic heterocycles. The van der Waals surface area contributed by atoms with Crippen LogP contribution in [-0.4, -0.2) is 17.0 Å². The van der Waals surface area contributed by atoms with Gasteiger partial charge in [-0.15, -0.1) is 0 Å². The number of nitrogens with one attached hydrogen (secondary N) is 1. The van der Waals surface area contributed by atoms with Crippen molar-refractivity contribution in [1.29, 1.82) is 0 Å². The second-order valence-corrected chi connectivity index (χ2v) is 6.83. The Morgan fingerprint density at radius 1 is 1.17 bits per heavy atom. The molecule has 0 aliphatic heterocycles. The third-order valence-electron chi connectivity index (χ3n) is 3.26. The van der Waals surface area contributed by atoms with Gasteiger partial charge in [-0.2, -0.15) is 0 Å². The largest absolute Gasteiger partial charge is 0.491 e. The van der Waals surface area contributed by atoms with Crippen LogP contribution >= 0.6 is 0 Å². The summed E-state index contributed by atoms with van der Waals surface area (Å²) < 4.78 is 5.63. The Hall–Kier alpha value is -2.36. The minimum Gasteiger partial charge on any atom is -0.491 e. The molecule has 23 heavy (non-hydrogen) atoms. The molecule has 0 spiro atoms. The van der Waals surface area contributed by atoms with Crippen molar-refractivity contribution in [2.24, 2.45) is 0 Å². The van der Waals surface area contributed by atoms with Crippen LogP contribution in [0.1, 0.15) is 50.7 Å². The molecule has 0 bridgehead atoms. The van der Waals surface area contributed by atoms with Crippen LogP contribution in [0.5, 0.6) is 5.75 Å². The summed E-state index contributed by atoms with van der Waals surface area (Å²) >= 11 is 0. The molecule has 1 amide bonds. The maximum absolute atomic E-state index is 12.3. The van der Waals surface area contributed by atoms with Crippen molar-refractivity contribution in [3.8, 4) is 5.75 Å². The normalized spacial score (nSPS) is 11.4. The molecule has 0 saturated carbocycles. The number of hydrogen-bond donors (Lipinski definition) is 1. The quantitative estimate of drug-likeness (QED) is 0.909. The number of hydrogen-bond acceptors (Lipinski definition) is 3. The zero-order valence-corrected chi connectivity index (χ0v) is 14.4. The summed E-state index contributed by atoms with van der Waals surface area (Å²) in [5.41, 5.74) is 2.17. The van der Waals surface area contributed by atoms with E-state index in [1.54, 1.807) is 12.3 Å². The minimum absolute atomic E-state index is 0.0302. The minimum atomic E-state index is -0.181. The van der Waals surface area contributed by atoms with Gasteiger partial charge in [0.2, 0.25) is 0 Å². The molecule has 0 radical (unpaired) electrons. The molecule has 1 aromatic carbocycles. The monoisotopic (exact) mass is 312 g/mol. The molecule has 0 fully saturated rings. The first kappa shape index (κ1) is 17.0. The first-order valence-electron chi connectivity index (χ1n) is 7.80. The number of anilines is 1. The fraction of sp³-hybridized carbons (Fsp3) is 0.368. The number of pyridine rings is 1. The van der Waals surface area contributed by atoms with E-state index >= 15 is 0 Å². The molecule has 0 aliphatic carbocycles. The molecule has 0 aliphatic rings. The standard InChI is InChI=1S/C19H24N2O2/c1-13(2)23-16-8-6-7-15(11-16)21-18(22)14-9-10-17(20-12-14)19(3,4)5/h6-13H,1-5H3,(H,21,22). The van der Waals surface area contributed by atoms with E-state index in [9.17, 15) is 4.79 Å². The van der Waals surface area contributed by atoms with Crippen molar-refractivity contribution < 1.29 is 9.53 Å². The third kappa shape index (κ3) is 4.81. The molecule has 0 saturated heterocycles. The Morgan fingerprint density at radius 3 is 2.48 bits per heavy atom. The number of aromatic nitrogens is 1. The average Bonchev–Trinajstić information content (AvgIpc) is 2.46. The van der Waals surface area contributed by atoms with Crippen LogP contribution in [0, 0.1) is 0 Å². The summed E-state index contributed by atoms with van der Waals surface area (Å²) in [6, 6.07) is 11.1. The van der Waals surface area contributed by atoms with Crippen LogP contribution < -0.4 is 10.1 Å². The van der Waals surface area contributed by atoms with E-state index in [2.05, 4.69) is 31.1 Å². The number of benzene rings is 1. The van der Waals surface area contributed by atoms with E-state index in [-0.39, 0.29) is 17.4 Å². The van der Waals surface area contributed by atoms with Crippen LogP contribution in [-0.2, 0) is 5.41 Å². The van der Waals surface area contributed by atoms with Crippen molar-refractivity contribution in [3.63, 3.8) is 0 Å². The van der Waals surface area contributed by atoms with Gasteiger partial charge in [-0.3, -0.25) is 9.78 Å². The van der Waals surface area contributed by atoms with Gasteiger partial charge in [0.25, 0.3) is 5.91 Å². The van der Waals surface area contributed by atoms with Gasteiger partial charge in [-0.1, -0.05) is 26.8 Å². The van der Waals surface area contributed by atoms with E-state index in [0.29, 0.717) is 11.3 Å². The predicted molar refractivity (Wildman–Crippen MR) is 93.1 cm³/mol. The molecular formula is C19H24N2O2. The fourth-order valence-electron chi connectivity index (χ4n) is 2.09. The van der Waals surface area contributed by atoms with Gasteiger partial charge in [-0.25, -0.2) is 0 Å². The van der Waals surface area contributed by atoms with Gasteiger partial charge in [0, 0.05) is 29.1 Å². The highest BCUT2D eigenvalue weighted by Crippen LogP contribution is 2.21. The zero-order valence-electron chi connectivity index (χ0n) is 14.4. The average molecular weight is 312 g/mol. The Morgan fingerprint density at radius 2 is 1.91 bits per heavy atom. The first-order chi connectivity index (χ1) is 10.8. The predicted octanol–water partition coefficient (Wildman–Crippen LogP) is 4.42. The molecule has 4 heteroatoms. The highest BCUT2D eigenvalue weighted by Gasteiger charge is 2.16. The third-order valence-corrected chi connectivity index (χ3v) is 3.26. The molecule has 2 aromatic rings. The number of rotatable bonds is 4. The summed E-state index contributed by atoms with van der Waals surface area (Å²) in [6.07, 6.45) is 1.71. The summed E-state index contributed by atoms with van der Waals surface area (Å²) in [7, 11) is 0. The molecule has 4 nitrogen and oxygen atoms in total. The summed E-state index contributed by atoms with van der Waals surface area (Å²) in [6.45, 7) is 10.2. The van der Waals surface area contributed by atoms with Crippen molar-refractivity contribution in [2.45, 2.75) is 46.1 Å². The Kier molecular flexibility index (Phi) is 5.04. The summed E-state index contributed by atoms with van der Waals surface area (Å²) in [5.74, 6) is 0.554. The smallest absolute Gasteiger partial charge is 0.257 e. The lowest BCUT2D eigenvalue weighted by molar-refractivity contribution is 0.102. The first-order valence-corrected chi connectivity index (χ1v) is 7.80. The maximum Gasteiger partial charge on any atom is 0.257 e.